The number of hydrogen-bond donors (Lipinski definition) is 1. The van der Waals surface area contributed by atoms with Gasteiger partial charge in [0.25, 0.3) is 5.91 Å². The number of carbonyl (C=O) groups is 2. The van der Waals surface area contributed by atoms with Crippen LogP contribution in [0.5, 0.6) is 0 Å². The third kappa shape index (κ3) is 2.79. The van der Waals surface area contributed by atoms with Gasteiger partial charge in [0.1, 0.15) is 0 Å². The molecule has 1 atom stereocenters. The highest BCUT2D eigenvalue weighted by Crippen LogP contribution is 2.23. The molecule has 0 radical (unpaired) electrons. The molecule has 1 aromatic heterocycles. The number of carboxylic acids is 1. The van der Waals surface area contributed by atoms with Crippen LogP contribution in [0.2, 0.25) is 5.02 Å². The number of aliphatic carboxylic acids is 1. The molecular weight excluding hydrogens is 320 g/mol. The summed E-state index contributed by atoms with van der Waals surface area (Å²) in [5.41, 5.74) is 1.43. The van der Waals surface area contributed by atoms with E-state index in [0.29, 0.717) is 29.4 Å². The summed E-state index contributed by atoms with van der Waals surface area (Å²) in [7, 11) is 0. The summed E-state index contributed by atoms with van der Waals surface area (Å²) >= 11 is 6.15. The maximum absolute atomic E-state index is 12.5. The Labute approximate surface area is 137 Å². The monoisotopic (exact) mass is 334 g/mol. The van der Waals surface area contributed by atoms with Crippen molar-refractivity contribution in [3.63, 3.8) is 0 Å². The lowest BCUT2D eigenvalue weighted by Crippen LogP contribution is -2.30. The number of rotatable bonds is 3. The van der Waals surface area contributed by atoms with Gasteiger partial charge in [-0.3, -0.25) is 9.59 Å². The fraction of sp³-hybridized carbons (Fsp3) is 0.333. The molecule has 1 fully saturated rings. The zero-order chi connectivity index (χ0) is 16.6. The van der Waals surface area contributed by atoms with Crippen molar-refractivity contribution >= 4 is 23.5 Å². The zero-order valence-corrected chi connectivity index (χ0v) is 13.2. The lowest BCUT2D eigenvalue weighted by Gasteiger charge is -2.14. The second-order valence-electron chi connectivity index (χ2n) is 5.46. The number of carboxylic acid groups (broad SMARTS) is 1. The van der Waals surface area contributed by atoms with Crippen LogP contribution in [0.3, 0.4) is 0 Å². The van der Waals surface area contributed by atoms with E-state index in [-0.39, 0.29) is 18.1 Å². The van der Waals surface area contributed by atoms with Crippen LogP contribution in [-0.2, 0) is 4.79 Å². The van der Waals surface area contributed by atoms with Crippen LogP contribution >= 0.6 is 11.6 Å². The van der Waals surface area contributed by atoms with E-state index in [2.05, 4.69) is 10.3 Å². The lowest BCUT2D eigenvalue weighted by atomic mass is 10.1. The molecule has 1 amide bonds. The van der Waals surface area contributed by atoms with Crippen LogP contribution in [0, 0.1) is 12.8 Å². The number of halogens is 1. The van der Waals surface area contributed by atoms with E-state index in [1.807, 2.05) is 6.07 Å². The molecule has 3 rings (SSSR count). The van der Waals surface area contributed by atoms with E-state index in [0.717, 1.165) is 0 Å². The molecule has 0 unspecified atom stereocenters. The molecule has 1 aliphatic rings. The van der Waals surface area contributed by atoms with Crippen molar-refractivity contribution < 1.29 is 14.7 Å². The minimum absolute atomic E-state index is 0.201. The molecule has 1 N–H and O–H groups in total. The van der Waals surface area contributed by atoms with Gasteiger partial charge < -0.3 is 10.0 Å². The lowest BCUT2D eigenvalue weighted by molar-refractivity contribution is -0.141. The number of nitrogens with zero attached hydrogens (tertiary/aromatic N) is 4. The maximum Gasteiger partial charge on any atom is 0.308 e. The minimum atomic E-state index is -0.878. The molecular formula is C15H15ClN4O3. The first-order chi connectivity index (χ1) is 11.0. The van der Waals surface area contributed by atoms with E-state index >= 15 is 0 Å². The van der Waals surface area contributed by atoms with E-state index in [1.54, 1.807) is 25.1 Å². The molecule has 0 spiro atoms. The minimum Gasteiger partial charge on any atom is -0.481 e. The Hall–Kier alpha value is -2.41. The van der Waals surface area contributed by atoms with E-state index in [4.69, 9.17) is 16.7 Å². The molecule has 23 heavy (non-hydrogen) atoms. The summed E-state index contributed by atoms with van der Waals surface area (Å²) in [6, 6.07) is 7.15. The van der Waals surface area contributed by atoms with Gasteiger partial charge in [0.05, 0.1) is 22.3 Å². The first-order valence-corrected chi connectivity index (χ1v) is 7.56. The molecule has 0 bridgehead atoms. The predicted octanol–water partition coefficient (Wildman–Crippen LogP) is 1.78. The number of aromatic nitrogens is 3. The van der Waals surface area contributed by atoms with Crippen molar-refractivity contribution in [2.24, 2.45) is 5.92 Å². The van der Waals surface area contributed by atoms with Crippen LogP contribution in [0.4, 0.5) is 0 Å². The van der Waals surface area contributed by atoms with Gasteiger partial charge in [-0.05, 0) is 25.5 Å². The second kappa shape index (κ2) is 6.00. The van der Waals surface area contributed by atoms with Gasteiger partial charge in [0, 0.05) is 13.1 Å². The Morgan fingerprint density at radius 2 is 2.09 bits per heavy atom. The van der Waals surface area contributed by atoms with Crippen molar-refractivity contribution in [1.29, 1.82) is 0 Å². The normalized spacial score (nSPS) is 17.5. The summed E-state index contributed by atoms with van der Waals surface area (Å²) in [5.74, 6) is -1.70. The van der Waals surface area contributed by atoms with Crippen molar-refractivity contribution in [2.75, 3.05) is 13.1 Å². The van der Waals surface area contributed by atoms with E-state index in [1.165, 1.54) is 9.58 Å². The number of carbonyl (C=O) groups excluding carboxylic acids is 1. The molecule has 0 saturated carbocycles. The van der Waals surface area contributed by atoms with E-state index in [9.17, 15) is 9.59 Å². The molecule has 1 aliphatic heterocycles. The van der Waals surface area contributed by atoms with Gasteiger partial charge >= 0.3 is 5.97 Å². The highest BCUT2D eigenvalue weighted by atomic mass is 35.5. The van der Waals surface area contributed by atoms with Crippen LogP contribution in [0.1, 0.15) is 22.6 Å². The first kappa shape index (κ1) is 15.5. The number of amides is 1. The van der Waals surface area contributed by atoms with Gasteiger partial charge in [-0.1, -0.05) is 28.9 Å². The Morgan fingerprint density at radius 1 is 1.35 bits per heavy atom. The number of para-hydroxylation sites is 1. The molecule has 1 aromatic carbocycles. The third-order valence-electron chi connectivity index (χ3n) is 4.00. The maximum atomic E-state index is 12.5. The molecule has 0 aliphatic carbocycles. The fourth-order valence-electron chi connectivity index (χ4n) is 2.68. The molecule has 2 heterocycles. The quantitative estimate of drug-likeness (QED) is 0.924. The molecule has 120 valence electrons. The highest BCUT2D eigenvalue weighted by molar-refractivity contribution is 6.32. The van der Waals surface area contributed by atoms with Crippen LogP contribution in [0.15, 0.2) is 24.3 Å². The first-order valence-electron chi connectivity index (χ1n) is 7.18. The molecule has 2 aromatic rings. The predicted molar refractivity (Wildman–Crippen MR) is 82.8 cm³/mol. The summed E-state index contributed by atoms with van der Waals surface area (Å²) in [4.78, 5) is 25.1. The van der Waals surface area contributed by atoms with Gasteiger partial charge in [-0.2, -0.15) is 0 Å². The van der Waals surface area contributed by atoms with Crippen LogP contribution in [0.25, 0.3) is 5.69 Å². The average Bonchev–Trinajstić information content (AvgIpc) is 3.14. The van der Waals surface area contributed by atoms with Gasteiger partial charge in [0.15, 0.2) is 5.69 Å². The SMILES string of the molecule is Cc1c(C(=O)N2CC[C@H](C(=O)O)C2)nnn1-c1ccccc1Cl. The summed E-state index contributed by atoms with van der Waals surface area (Å²) in [5, 5.41) is 17.5. The van der Waals surface area contributed by atoms with Crippen molar-refractivity contribution in [3.8, 4) is 5.69 Å². The smallest absolute Gasteiger partial charge is 0.308 e. The number of hydrogen-bond acceptors (Lipinski definition) is 4. The van der Waals surface area contributed by atoms with Crippen molar-refractivity contribution in [1.82, 2.24) is 19.9 Å². The summed E-state index contributed by atoms with van der Waals surface area (Å²) < 4.78 is 1.51. The summed E-state index contributed by atoms with van der Waals surface area (Å²) in [6.45, 7) is 2.35. The van der Waals surface area contributed by atoms with E-state index < -0.39 is 11.9 Å². The van der Waals surface area contributed by atoms with Gasteiger partial charge in [0.2, 0.25) is 0 Å². The number of benzene rings is 1. The van der Waals surface area contributed by atoms with Gasteiger partial charge in [-0.15, -0.1) is 5.10 Å². The summed E-state index contributed by atoms with van der Waals surface area (Å²) in [6.07, 6.45) is 0.457. The molecule has 8 heteroatoms. The molecule has 7 nitrogen and oxygen atoms in total. The Bertz CT molecular complexity index is 774. The standard InChI is InChI=1S/C15H15ClN4O3/c1-9-13(14(21)19-7-6-10(8-19)15(22)23)17-18-20(9)12-5-3-2-4-11(12)16/h2-5,10H,6-8H2,1H3,(H,22,23)/t10-/m0/s1. The van der Waals surface area contributed by atoms with Crippen molar-refractivity contribution in [2.45, 2.75) is 13.3 Å². The second-order valence-corrected chi connectivity index (χ2v) is 5.87. The fourth-order valence-corrected chi connectivity index (χ4v) is 2.89. The third-order valence-corrected chi connectivity index (χ3v) is 4.32. The van der Waals surface area contributed by atoms with Crippen molar-refractivity contribution in [3.05, 3.63) is 40.7 Å². The topological polar surface area (TPSA) is 88.3 Å². The highest BCUT2D eigenvalue weighted by Gasteiger charge is 2.33. The Morgan fingerprint density at radius 3 is 2.74 bits per heavy atom. The largest absolute Gasteiger partial charge is 0.481 e. The Balaban J connectivity index is 1.87. The van der Waals surface area contributed by atoms with Crippen LogP contribution < -0.4 is 0 Å². The molecule has 1 saturated heterocycles. The number of likely N-dealkylation sites (tertiary alicyclic amines) is 1. The Kier molecular flexibility index (Phi) is 4.04. The zero-order valence-electron chi connectivity index (χ0n) is 12.4. The van der Waals surface area contributed by atoms with Gasteiger partial charge in [-0.25, -0.2) is 4.68 Å². The average molecular weight is 335 g/mol. The van der Waals surface area contributed by atoms with Crippen LogP contribution in [-0.4, -0.2) is 50.0 Å².